The van der Waals surface area contributed by atoms with Gasteiger partial charge in [-0.05, 0) is 19.1 Å². The van der Waals surface area contributed by atoms with Crippen molar-refractivity contribution in [2.24, 2.45) is 0 Å². The number of carbonyl (C=O) groups is 2. The number of rotatable bonds is 7. The third kappa shape index (κ3) is 4.99. The SMILES string of the molecule is CCOc1ccc(N/C(=C/C(=O)OC)C(=O)OC)c([N+](=O)[O-])c1. The van der Waals surface area contributed by atoms with Crippen molar-refractivity contribution in [3.63, 3.8) is 0 Å². The number of methoxy groups -OCH3 is 2. The first-order chi connectivity index (χ1) is 10.9. The molecule has 0 aliphatic heterocycles. The zero-order chi connectivity index (χ0) is 17.4. The molecule has 0 amide bonds. The normalized spacial score (nSPS) is 10.7. The van der Waals surface area contributed by atoms with Crippen LogP contribution < -0.4 is 10.1 Å². The van der Waals surface area contributed by atoms with Crippen LogP contribution in [0, 0.1) is 10.1 Å². The third-order valence-electron chi connectivity index (χ3n) is 2.61. The zero-order valence-electron chi connectivity index (χ0n) is 12.8. The fraction of sp³-hybridized carbons (Fsp3) is 0.286. The van der Waals surface area contributed by atoms with Crippen molar-refractivity contribution in [3.8, 4) is 5.75 Å². The molecule has 0 fully saturated rings. The maximum Gasteiger partial charge on any atom is 0.354 e. The number of hydrogen-bond donors (Lipinski definition) is 1. The number of nitro groups is 1. The number of anilines is 1. The van der Waals surface area contributed by atoms with E-state index in [9.17, 15) is 19.7 Å². The lowest BCUT2D eigenvalue weighted by atomic mass is 10.2. The summed E-state index contributed by atoms with van der Waals surface area (Å²) in [7, 11) is 2.24. The lowest BCUT2D eigenvalue weighted by Gasteiger charge is -2.10. The van der Waals surface area contributed by atoms with Crippen molar-refractivity contribution >= 4 is 23.3 Å². The number of benzene rings is 1. The predicted octanol–water partition coefficient (Wildman–Crippen LogP) is 1.64. The van der Waals surface area contributed by atoms with Gasteiger partial charge in [0.2, 0.25) is 0 Å². The van der Waals surface area contributed by atoms with E-state index in [4.69, 9.17) is 4.74 Å². The Hall–Kier alpha value is -3.10. The number of esters is 2. The largest absolute Gasteiger partial charge is 0.494 e. The average Bonchev–Trinajstić information content (AvgIpc) is 2.54. The standard InChI is InChI=1S/C14H16N2O7/c1-4-23-9-5-6-10(12(7-9)16(19)20)15-11(14(18)22-3)8-13(17)21-2/h5-8,15H,4H2,1-3H3/b11-8+. The van der Waals surface area contributed by atoms with Crippen LogP contribution in [0.1, 0.15) is 6.92 Å². The van der Waals surface area contributed by atoms with Crippen LogP contribution in [0.3, 0.4) is 0 Å². The smallest absolute Gasteiger partial charge is 0.354 e. The number of carbonyl (C=O) groups excluding carboxylic acids is 2. The quantitative estimate of drug-likeness (QED) is 0.348. The minimum Gasteiger partial charge on any atom is -0.494 e. The molecule has 0 saturated carbocycles. The van der Waals surface area contributed by atoms with E-state index in [1.807, 2.05) is 0 Å². The molecule has 1 aromatic carbocycles. The highest BCUT2D eigenvalue weighted by Crippen LogP contribution is 2.30. The molecule has 23 heavy (non-hydrogen) atoms. The van der Waals surface area contributed by atoms with Gasteiger partial charge in [-0.1, -0.05) is 0 Å². The van der Waals surface area contributed by atoms with E-state index in [1.54, 1.807) is 6.92 Å². The van der Waals surface area contributed by atoms with Gasteiger partial charge in [-0.3, -0.25) is 10.1 Å². The van der Waals surface area contributed by atoms with E-state index in [-0.39, 0.29) is 17.1 Å². The molecule has 124 valence electrons. The summed E-state index contributed by atoms with van der Waals surface area (Å²) < 4.78 is 14.1. The van der Waals surface area contributed by atoms with E-state index >= 15 is 0 Å². The molecule has 9 heteroatoms. The molecule has 1 aromatic rings. The van der Waals surface area contributed by atoms with Gasteiger partial charge in [0.05, 0.1) is 37.9 Å². The lowest BCUT2D eigenvalue weighted by molar-refractivity contribution is -0.384. The Bertz CT molecular complexity index is 640. The van der Waals surface area contributed by atoms with Crippen LogP contribution in [0.4, 0.5) is 11.4 Å². The summed E-state index contributed by atoms with van der Waals surface area (Å²) in [6.45, 7) is 2.09. The molecule has 1 N–H and O–H groups in total. The van der Waals surface area contributed by atoms with Crippen LogP contribution in [0.25, 0.3) is 0 Å². The number of nitrogens with zero attached hydrogens (tertiary/aromatic N) is 1. The van der Waals surface area contributed by atoms with Crippen LogP contribution in [-0.4, -0.2) is 37.7 Å². The van der Waals surface area contributed by atoms with Gasteiger partial charge in [-0.2, -0.15) is 0 Å². The van der Waals surface area contributed by atoms with Crippen molar-refractivity contribution in [2.75, 3.05) is 26.1 Å². The zero-order valence-corrected chi connectivity index (χ0v) is 12.8. The van der Waals surface area contributed by atoms with Crippen molar-refractivity contribution in [1.29, 1.82) is 0 Å². The van der Waals surface area contributed by atoms with Crippen molar-refractivity contribution in [3.05, 3.63) is 40.1 Å². The number of hydrogen-bond acceptors (Lipinski definition) is 8. The molecule has 0 aliphatic rings. The molecule has 0 bridgehead atoms. The van der Waals surface area contributed by atoms with Gasteiger partial charge in [0, 0.05) is 0 Å². The minimum atomic E-state index is -0.876. The lowest BCUT2D eigenvalue weighted by Crippen LogP contribution is -2.16. The van der Waals surface area contributed by atoms with Crippen molar-refractivity contribution in [1.82, 2.24) is 0 Å². The van der Waals surface area contributed by atoms with Gasteiger partial charge >= 0.3 is 11.9 Å². The van der Waals surface area contributed by atoms with Crippen LogP contribution >= 0.6 is 0 Å². The molecular formula is C14H16N2O7. The monoisotopic (exact) mass is 324 g/mol. The predicted molar refractivity (Wildman–Crippen MR) is 80.0 cm³/mol. The Morgan fingerprint density at radius 3 is 2.52 bits per heavy atom. The maximum atomic E-state index is 11.7. The fourth-order valence-electron chi connectivity index (χ4n) is 1.60. The highest BCUT2D eigenvalue weighted by atomic mass is 16.6. The second-order valence-electron chi connectivity index (χ2n) is 4.07. The molecule has 0 atom stereocenters. The first-order valence-corrected chi connectivity index (χ1v) is 6.49. The summed E-state index contributed by atoms with van der Waals surface area (Å²) in [5.74, 6) is -1.38. The molecule has 0 aliphatic carbocycles. The Labute approximate surface area is 132 Å². The molecule has 0 aromatic heterocycles. The van der Waals surface area contributed by atoms with Gasteiger partial charge in [-0.25, -0.2) is 9.59 Å². The fourth-order valence-corrected chi connectivity index (χ4v) is 1.60. The molecular weight excluding hydrogens is 308 g/mol. The van der Waals surface area contributed by atoms with Crippen LogP contribution in [0.5, 0.6) is 5.75 Å². The van der Waals surface area contributed by atoms with Gasteiger partial charge in [0.15, 0.2) is 0 Å². The summed E-state index contributed by atoms with van der Waals surface area (Å²) >= 11 is 0. The Morgan fingerprint density at radius 1 is 1.30 bits per heavy atom. The van der Waals surface area contributed by atoms with E-state index in [2.05, 4.69) is 14.8 Å². The van der Waals surface area contributed by atoms with Crippen molar-refractivity contribution in [2.45, 2.75) is 6.92 Å². The van der Waals surface area contributed by atoms with E-state index < -0.39 is 16.9 Å². The molecule has 0 radical (unpaired) electrons. The second-order valence-corrected chi connectivity index (χ2v) is 4.07. The van der Waals surface area contributed by atoms with Crippen LogP contribution in [-0.2, 0) is 19.1 Å². The topological polar surface area (TPSA) is 117 Å². The van der Waals surface area contributed by atoms with Crippen LogP contribution in [0.2, 0.25) is 0 Å². The Balaban J connectivity index is 3.22. The molecule has 0 heterocycles. The second kappa shape index (κ2) is 8.37. The molecule has 9 nitrogen and oxygen atoms in total. The summed E-state index contributed by atoms with van der Waals surface area (Å²) in [5, 5.41) is 13.7. The van der Waals surface area contributed by atoms with E-state index in [1.165, 1.54) is 18.2 Å². The number of nitrogens with one attached hydrogen (secondary N) is 1. The van der Waals surface area contributed by atoms with Gasteiger partial charge in [0.1, 0.15) is 17.1 Å². The summed E-state index contributed by atoms with van der Waals surface area (Å²) in [6, 6.07) is 4.06. The van der Waals surface area contributed by atoms with E-state index in [0.29, 0.717) is 12.4 Å². The molecule has 1 rings (SSSR count). The number of nitro benzene ring substituents is 1. The maximum absolute atomic E-state index is 11.7. The number of ether oxygens (including phenoxy) is 3. The van der Waals surface area contributed by atoms with Crippen molar-refractivity contribution < 1.29 is 28.7 Å². The first kappa shape index (κ1) is 18.0. The van der Waals surface area contributed by atoms with E-state index in [0.717, 1.165) is 20.3 Å². The Kier molecular flexibility index (Phi) is 6.53. The highest BCUT2D eigenvalue weighted by molar-refractivity contribution is 5.99. The summed E-state index contributed by atoms with van der Waals surface area (Å²) in [4.78, 5) is 33.5. The third-order valence-corrected chi connectivity index (χ3v) is 2.61. The Morgan fingerprint density at radius 2 is 2.00 bits per heavy atom. The molecule has 0 spiro atoms. The molecule has 0 saturated heterocycles. The van der Waals surface area contributed by atoms with Crippen LogP contribution in [0.15, 0.2) is 30.0 Å². The molecule has 0 unspecified atom stereocenters. The summed E-state index contributed by atoms with van der Waals surface area (Å²) in [6.07, 6.45) is 0.839. The van der Waals surface area contributed by atoms with Gasteiger partial charge in [0.25, 0.3) is 5.69 Å². The highest BCUT2D eigenvalue weighted by Gasteiger charge is 2.20. The first-order valence-electron chi connectivity index (χ1n) is 6.49. The summed E-state index contributed by atoms with van der Waals surface area (Å²) in [5.41, 5.74) is -0.624. The van der Waals surface area contributed by atoms with Gasteiger partial charge < -0.3 is 19.5 Å². The van der Waals surface area contributed by atoms with Gasteiger partial charge in [-0.15, -0.1) is 0 Å². The minimum absolute atomic E-state index is 0.000920. The average molecular weight is 324 g/mol.